The average molecular weight is 426 g/mol. The molecule has 1 amide bonds. The average Bonchev–Trinajstić information content (AvgIpc) is 3.17. The summed E-state index contributed by atoms with van der Waals surface area (Å²) in [5, 5.41) is 3.38. The Bertz CT molecular complexity index is 899. The second-order valence-electron chi connectivity index (χ2n) is 7.43. The van der Waals surface area contributed by atoms with Gasteiger partial charge in [-0.25, -0.2) is 0 Å². The third-order valence-corrected chi connectivity index (χ3v) is 5.71. The van der Waals surface area contributed by atoms with Crippen LogP contribution in [0, 0.1) is 5.92 Å². The molecule has 0 aromatic heterocycles. The first kappa shape index (κ1) is 21.5. The van der Waals surface area contributed by atoms with Gasteiger partial charge in [0.1, 0.15) is 0 Å². The van der Waals surface area contributed by atoms with Crippen LogP contribution in [0.15, 0.2) is 36.4 Å². The van der Waals surface area contributed by atoms with Crippen LogP contribution in [0.1, 0.15) is 23.1 Å². The minimum absolute atomic E-state index is 0. The van der Waals surface area contributed by atoms with Gasteiger partial charge in [0.15, 0.2) is 0 Å². The maximum Gasteiger partial charge on any atom is 0.416 e. The summed E-state index contributed by atoms with van der Waals surface area (Å²) in [6, 6.07) is 9.35. The maximum absolute atomic E-state index is 12.9. The van der Waals surface area contributed by atoms with E-state index in [1.54, 1.807) is 12.1 Å². The minimum Gasteiger partial charge on any atom is -0.370 e. The van der Waals surface area contributed by atoms with Crippen LogP contribution in [0.2, 0.25) is 0 Å². The number of nitrogens with one attached hydrogen (secondary N) is 1. The Balaban J connectivity index is 0.00000240. The van der Waals surface area contributed by atoms with Crippen molar-refractivity contribution in [3.8, 4) is 11.1 Å². The molecule has 8 heteroatoms. The number of rotatable bonds is 3. The van der Waals surface area contributed by atoms with Crippen molar-refractivity contribution >= 4 is 24.0 Å². The molecular formula is C21H23ClF3N3O. The lowest BCUT2D eigenvalue weighted by molar-refractivity contribution is -0.137. The van der Waals surface area contributed by atoms with Crippen molar-refractivity contribution in [3.05, 3.63) is 53.1 Å². The number of nitrogens with zero attached hydrogens (tertiary/aromatic N) is 1. The zero-order valence-electron chi connectivity index (χ0n) is 15.8. The quantitative estimate of drug-likeness (QED) is 0.787. The molecule has 0 radical (unpaired) electrons. The highest BCUT2D eigenvalue weighted by atomic mass is 35.5. The summed E-state index contributed by atoms with van der Waals surface area (Å²) in [7, 11) is 0. The number of nitrogens with two attached hydrogens (primary N) is 1. The van der Waals surface area contributed by atoms with Crippen LogP contribution in [0.25, 0.3) is 11.1 Å². The van der Waals surface area contributed by atoms with E-state index in [0.717, 1.165) is 60.4 Å². The molecule has 0 bridgehead atoms. The van der Waals surface area contributed by atoms with Crippen LogP contribution in [-0.4, -0.2) is 25.5 Å². The van der Waals surface area contributed by atoms with Gasteiger partial charge in [0.05, 0.1) is 11.5 Å². The molecule has 0 aliphatic carbocycles. The van der Waals surface area contributed by atoms with Crippen LogP contribution in [0.3, 0.4) is 0 Å². The fourth-order valence-corrected chi connectivity index (χ4v) is 4.21. The third kappa shape index (κ3) is 4.21. The molecule has 1 saturated heterocycles. The van der Waals surface area contributed by atoms with Crippen molar-refractivity contribution in [2.45, 2.75) is 25.6 Å². The van der Waals surface area contributed by atoms with Gasteiger partial charge in [-0.2, -0.15) is 13.2 Å². The van der Waals surface area contributed by atoms with E-state index in [0.29, 0.717) is 13.1 Å². The number of hydrogen-bond donors (Lipinski definition) is 2. The van der Waals surface area contributed by atoms with E-state index in [9.17, 15) is 18.0 Å². The molecular weight excluding hydrogens is 403 g/mol. The largest absolute Gasteiger partial charge is 0.416 e. The molecule has 1 atom stereocenters. The van der Waals surface area contributed by atoms with Crippen molar-refractivity contribution in [1.29, 1.82) is 0 Å². The van der Waals surface area contributed by atoms with Crippen LogP contribution < -0.4 is 16.0 Å². The number of anilines is 1. The topological polar surface area (TPSA) is 58.4 Å². The molecule has 1 fully saturated rings. The summed E-state index contributed by atoms with van der Waals surface area (Å²) in [5.41, 5.74) is 9.99. The fraction of sp³-hybridized carbons (Fsp3) is 0.381. The van der Waals surface area contributed by atoms with Gasteiger partial charge in [-0.1, -0.05) is 18.2 Å². The summed E-state index contributed by atoms with van der Waals surface area (Å²) in [4.78, 5) is 13.7. The lowest BCUT2D eigenvalue weighted by atomic mass is 9.89. The molecule has 2 heterocycles. The number of amides is 1. The lowest BCUT2D eigenvalue weighted by Crippen LogP contribution is -2.30. The van der Waals surface area contributed by atoms with Gasteiger partial charge in [0.25, 0.3) is 0 Å². The number of fused-ring (bicyclic) bond motifs is 1. The maximum atomic E-state index is 12.9. The van der Waals surface area contributed by atoms with E-state index >= 15 is 0 Å². The van der Waals surface area contributed by atoms with E-state index in [-0.39, 0.29) is 24.2 Å². The fourth-order valence-electron chi connectivity index (χ4n) is 4.21. The summed E-state index contributed by atoms with van der Waals surface area (Å²) in [5.74, 6) is -0.405. The molecule has 2 aromatic carbocycles. The lowest BCUT2D eigenvalue weighted by Gasteiger charge is -2.29. The standard InChI is InChI=1S/C21H22F3N3O.ClH/c22-21(23,24)15-3-1-13(2-4-15)16-5-6-19(18-11-26-9-7-17(16)18)27-10-8-14(12-27)20(25)28;/h1-6,14,26H,7-12H2,(H2,25,28);1H/t14-;/m1./s1. The predicted octanol–water partition coefficient (Wildman–Crippen LogP) is 3.75. The number of carbonyl (C=O) groups excluding carboxylic acids is 1. The molecule has 0 unspecified atom stereocenters. The van der Waals surface area contributed by atoms with Gasteiger partial charge in [-0.15, -0.1) is 12.4 Å². The SMILES string of the molecule is Cl.NC(=O)[C@@H]1CCN(c2ccc(-c3ccc(C(F)(F)F)cc3)c3c2CNCC3)C1. The number of halogens is 4. The number of benzene rings is 2. The van der Waals surface area contributed by atoms with Crippen molar-refractivity contribution in [3.63, 3.8) is 0 Å². The van der Waals surface area contributed by atoms with Crippen LogP contribution in [0.5, 0.6) is 0 Å². The second kappa shape index (κ2) is 8.24. The molecule has 4 nitrogen and oxygen atoms in total. The van der Waals surface area contributed by atoms with E-state index in [4.69, 9.17) is 5.73 Å². The van der Waals surface area contributed by atoms with Gasteiger partial charge >= 0.3 is 6.18 Å². The van der Waals surface area contributed by atoms with Gasteiger partial charge in [-0.3, -0.25) is 4.79 Å². The third-order valence-electron chi connectivity index (χ3n) is 5.71. The Labute approximate surface area is 173 Å². The molecule has 0 saturated carbocycles. The zero-order chi connectivity index (χ0) is 19.9. The van der Waals surface area contributed by atoms with Crippen molar-refractivity contribution in [1.82, 2.24) is 5.32 Å². The highest BCUT2D eigenvalue weighted by Gasteiger charge is 2.31. The summed E-state index contributed by atoms with van der Waals surface area (Å²) in [6.07, 6.45) is -2.77. The highest BCUT2D eigenvalue weighted by Crippen LogP contribution is 2.37. The predicted molar refractivity (Wildman–Crippen MR) is 109 cm³/mol. The Morgan fingerprint density at radius 3 is 2.45 bits per heavy atom. The Hall–Kier alpha value is -2.25. The molecule has 156 valence electrons. The number of hydrogen-bond acceptors (Lipinski definition) is 3. The van der Waals surface area contributed by atoms with E-state index in [2.05, 4.69) is 10.2 Å². The summed E-state index contributed by atoms with van der Waals surface area (Å²) < 4.78 is 38.6. The molecule has 2 aliphatic heterocycles. The zero-order valence-corrected chi connectivity index (χ0v) is 16.6. The summed E-state index contributed by atoms with van der Waals surface area (Å²) in [6.45, 7) is 2.92. The monoisotopic (exact) mass is 425 g/mol. The molecule has 3 N–H and O–H groups in total. The van der Waals surface area contributed by atoms with Crippen molar-refractivity contribution in [2.24, 2.45) is 11.7 Å². The second-order valence-corrected chi connectivity index (χ2v) is 7.43. The first-order valence-electron chi connectivity index (χ1n) is 9.42. The first-order valence-corrected chi connectivity index (χ1v) is 9.42. The number of primary amides is 1. The highest BCUT2D eigenvalue weighted by molar-refractivity contribution is 5.85. The van der Waals surface area contributed by atoms with Gasteiger partial charge in [0.2, 0.25) is 5.91 Å². The molecule has 0 spiro atoms. The molecule has 29 heavy (non-hydrogen) atoms. The van der Waals surface area contributed by atoms with E-state index in [1.807, 2.05) is 12.1 Å². The van der Waals surface area contributed by atoms with Crippen LogP contribution in [-0.2, 0) is 23.9 Å². The van der Waals surface area contributed by atoms with Crippen LogP contribution >= 0.6 is 12.4 Å². The molecule has 4 rings (SSSR count). The van der Waals surface area contributed by atoms with E-state index in [1.165, 1.54) is 5.56 Å². The Morgan fingerprint density at radius 1 is 1.10 bits per heavy atom. The van der Waals surface area contributed by atoms with Gasteiger partial charge < -0.3 is 16.0 Å². The molecule has 2 aliphatic rings. The van der Waals surface area contributed by atoms with Gasteiger partial charge in [0, 0.05) is 25.3 Å². The normalized spacial score (nSPS) is 18.9. The molecule has 2 aromatic rings. The van der Waals surface area contributed by atoms with Gasteiger partial charge in [-0.05, 0) is 59.8 Å². The Morgan fingerprint density at radius 2 is 1.83 bits per heavy atom. The minimum atomic E-state index is -4.33. The first-order chi connectivity index (χ1) is 13.3. The van der Waals surface area contributed by atoms with Crippen molar-refractivity contribution < 1.29 is 18.0 Å². The summed E-state index contributed by atoms with van der Waals surface area (Å²) >= 11 is 0. The Kier molecular flexibility index (Phi) is 6.10. The number of alkyl halides is 3. The van der Waals surface area contributed by atoms with E-state index < -0.39 is 11.7 Å². The smallest absolute Gasteiger partial charge is 0.370 e. The van der Waals surface area contributed by atoms with Crippen molar-refractivity contribution in [2.75, 3.05) is 24.5 Å². The number of carbonyl (C=O) groups is 1. The van der Waals surface area contributed by atoms with Crippen LogP contribution in [0.4, 0.5) is 18.9 Å².